The van der Waals surface area contributed by atoms with Crippen LogP contribution in [0.15, 0.2) is 24.3 Å². The maximum Gasteiger partial charge on any atom is 0.306 e. The van der Waals surface area contributed by atoms with E-state index in [9.17, 15) is 9.90 Å². The molecule has 0 saturated carbocycles. The van der Waals surface area contributed by atoms with Gasteiger partial charge >= 0.3 is 5.97 Å². The summed E-state index contributed by atoms with van der Waals surface area (Å²) in [5.74, 6) is -0.566. The first-order chi connectivity index (χ1) is 9.60. The van der Waals surface area contributed by atoms with Crippen molar-refractivity contribution in [1.82, 2.24) is 4.90 Å². The highest BCUT2D eigenvalue weighted by molar-refractivity contribution is 5.67. The molecule has 0 aliphatic carbocycles. The number of phenols is 1. The minimum absolute atomic E-state index is 0.0442. The summed E-state index contributed by atoms with van der Waals surface area (Å²) in [6.45, 7) is 4.10. The number of carboxylic acids is 1. The number of carbonyl (C=O) groups is 1. The number of carboxylic acid groups (broad SMARTS) is 1. The molecule has 5 heteroatoms. The molecule has 1 aliphatic rings. The highest BCUT2D eigenvalue weighted by atomic mass is 16.5. The molecule has 0 radical (unpaired) electrons. The lowest BCUT2D eigenvalue weighted by Crippen LogP contribution is -2.44. The third-order valence-corrected chi connectivity index (χ3v) is 3.68. The topological polar surface area (TPSA) is 70.0 Å². The van der Waals surface area contributed by atoms with E-state index in [2.05, 4.69) is 11.8 Å². The molecule has 1 aromatic carbocycles. The first-order valence-corrected chi connectivity index (χ1v) is 6.96. The molecule has 2 rings (SSSR count). The zero-order valence-corrected chi connectivity index (χ0v) is 11.7. The largest absolute Gasteiger partial charge is 0.508 e. The lowest BCUT2D eigenvalue weighted by molar-refractivity contribution is -0.142. The highest BCUT2D eigenvalue weighted by Gasteiger charge is 2.27. The second-order valence-electron chi connectivity index (χ2n) is 5.10. The average molecular weight is 279 g/mol. The summed E-state index contributed by atoms with van der Waals surface area (Å²) >= 11 is 0. The summed E-state index contributed by atoms with van der Waals surface area (Å²) in [6, 6.07) is 7.45. The Morgan fingerprint density at radius 1 is 1.45 bits per heavy atom. The molecular weight excluding hydrogens is 258 g/mol. The monoisotopic (exact) mass is 279 g/mol. The Kier molecular flexibility index (Phi) is 4.98. The molecule has 1 fully saturated rings. The molecule has 1 saturated heterocycles. The predicted octanol–water partition coefficient (Wildman–Crippen LogP) is 2.02. The summed E-state index contributed by atoms with van der Waals surface area (Å²) in [5.41, 5.74) is 1.14. The van der Waals surface area contributed by atoms with E-state index >= 15 is 0 Å². The van der Waals surface area contributed by atoms with Gasteiger partial charge in [0.25, 0.3) is 0 Å². The molecule has 5 nitrogen and oxygen atoms in total. The number of rotatable bonds is 5. The van der Waals surface area contributed by atoms with Crippen molar-refractivity contribution in [3.05, 3.63) is 29.8 Å². The van der Waals surface area contributed by atoms with Crippen molar-refractivity contribution in [2.45, 2.75) is 31.9 Å². The predicted molar refractivity (Wildman–Crippen MR) is 74.7 cm³/mol. The van der Waals surface area contributed by atoms with E-state index in [1.807, 2.05) is 12.1 Å². The Morgan fingerprint density at radius 3 is 2.75 bits per heavy atom. The van der Waals surface area contributed by atoms with Crippen molar-refractivity contribution in [1.29, 1.82) is 0 Å². The van der Waals surface area contributed by atoms with E-state index in [1.54, 1.807) is 12.1 Å². The Balaban J connectivity index is 2.06. The summed E-state index contributed by atoms with van der Waals surface area (Å²) in [7, 11) is 0. The molecule has 0 spiro atoms. The van der Waals surface area contributed by atoms with E-state index < -0.39 is 5.97 Å². The lowest BCUT2D eigenvalue weighted by Gasteiger charge is -2.37. The first kappa shape index (κ1) is 14.8. The standard InChI is InChI=1S/C15H21NO4/c1-2-14(11-3-5-12(17)6-4-11)16-7-8-20-13(10-16)9-15(18)19/h3-6,13-14,17H,2,7-10H2,1H3,(H,18,19). The van der Waals surface area contributed by atoms with Crippen LogP contribution in [-0.2, 0) is 9.53 Å². The molecule has 2 atom stereocenters. The van der Waals surface area contributed by atoms with Crippen LogP contribution in [0.4, 0.5) is 0 Å². The molecule has 1 heterocycles. The number of morpholine rings is 1. The van der Waals surface area contributed by atoms with Crippen molar-refractivity contribution in [2.24, 2.45) is 0 Å². The summed E-state index contributed by atoms with van der Waals surface area (Å²) in [5, 5.41) is 18.2. The number of hydrogen-bond acceptors (Lipinski definition) is 4. The second-order valence-corrected chi connectivity index (χ2v) is 5.10. The van der Waals surface area contributed by atoms with Crippen LogP contribution in [0.2, 0.25) is 0 Å². The first-order valence-electron chi connectivity index (χ1n) is 6.96. The highest BCUT2D eigenvalue weighted by Crippen LogP contribution is 2.27. The molecule has 110 valence electrons. The molecule has 1 aliphatic heterocycles. The maximum atomic E-state index is 10.8. The fraction of sp³-hybridized carbons (Fsp3) is 0.533. The van der Waals surface area contributed by atoms with Gasteiger partial charge in [-0.05, 0) is 24.1 Å². The number of hydrogen-bond donors (Lipinski definition) is 2. The van der Waals surface area contributed by atoms with Gasteiger partial charge in [-0.3, -0.25) is 9.69 Å². The average Bonchev–Trinajstić information content (AvgIpc) is 2.41. The van der Waals surface area contributed by atoms with Gasteiger partial charge in [0.15, 0.2) is 0 Å². The van der Waals surface area contributed by atoms with Crippen LogP contribution >= 0.6 is 0 Å². The second kappa shape index (κ2) is 6.72. The maximum absolute atomic E-state index is 10.8. The van der Waals surface area contributed by atoms with E-state index in [0.717, 1.165) is 18.5 Å². The molecular formula is C15H21NO4. The van der Waals surface area contributed by atoms with Crippen LogP contribution in [0.3, 0.4) is 0 Å². The normalized spacial score (nSPS) is 21.6. The fourth-order valence-electron chi connectivity index (χ4n) is 2.74. The Morgan fingerprint density at radius 2 is 2.15 bits per heavy atom. The van der Waals surface area contributed by atoms with Gasteiger partial charge < -0.3 is 14.9 Å². The Labute approximate surface area is 118 Å². The van der Waals surface area contributed by atoms with Crippen LogP contribution in [0.1, 0.15) is 31.4 Å². The van der Waals surface area contributed by atoms with Gasteiger partial charge in [0, 0.05) is 19.1 Å². The molecule has 0 bridgehead atoms. The number of ether oxygens (including phenoxy) is 1. The number of aromatic hydroxyl groups is 1. The van der Waals surface area contributed by atoms with Crippen LogP contribution in [0, 0.1) is 0 Å². The van der Waals surface area contributed by atoms with Crippen molar-refractivity contribution in [3.63, 3.8) is 0 Å². The summed E-state index contributed by atoms with van der Waals surface area (Å²) in [4.78, 5) is 13.1. The number of aliphatic carboxylic acids is 1. The van der Waals surface area contributed by atoms with Crippen LogP contribution in [0.5, 0.6) is 5.75 Å². The number of benzene rings is 1. The van der Waals surface area contributed by atoms with Gasteiger partial charge in [-0.1, -0.05) is 19.1 Å². The van der Waals surface area contributed by atoms with Crippen molar-refractivity contribution >= 4 is 5.97 Å². The van der Waals surface area contributed by atoms with E-state index in [-0.39, 0.29) is 24.3 Å². The van der Waals surface area contributed by atoms with Crippen molar-refractivity contribution < 1.29 is 19.7 Å². The van der Waals surface area contributed by atoms with Gasteiger partial charge in [-0.25, -0.2) is 0 Å². The molecule has 1 aromatic rings. The zero-order valence-electron chi connectivity index (χ0n) is 11.7. The third kappa shape index (κ3) is 3.71. The van der Waals surface area contributed by atoms with Gasteiger partial charge in [0.05, 0.1) is 19.1 Å². The van der Waals surface area contributed by atoms with Crippen LogP contribution in [0.25, 0.3) is 0 Å². The van der Waals surface area contributed by atoms with E-state index in [0.29, 0.717) is 13.2 Å². The summed E-state index contributed by atoms with van der Waals surface area (Å²) < 4.78 is 5.51. The lowest BCUT2D eigenvalue weighted by atomic mass is 10.0. The minimum atomic E-state index is -0.825. The number of nitrogens with zero attached hydrogens (tertiary/aromatic N) is 1. The quantitative estimate of drug-likeness (QED) is 0.863. The Hall–Kier alpha value is -1.59. The molecule has 0 amide bonds. The smallest absolute Gasteiger partial charge is 0.306 e. The Bertz CT molecular complexity index is 446. The van der Waals surface area contributed by atoms with Gasteiger partial charge in [0.1, 0.15) is 5.75 Å². The van der Waals surface area contributed by atoms with E-state index in [4.69, 9.17) is 9.84 Å². The molecule has 2 unspecified atom stereocenters. The SMILES string of the molecule is CCC(c1ccc(O)cc1)N1CCOC(CC(=O)O)C1. The molecule has 0 aromatic heterocycles. The van der Waals surface area contributed by atoms with Gasteiger partial charge in [-0.2, -0.15) is 0 Å². The van der Waals surface area contributed by atoms with Gasteiger partial charge in [0.2, 0.25) is 0 Å². The van der Waals surface area contributed by atoms with E-state index in [1.165, 1.54) is 0 Å². The molecule has 20 heavy (non-hydrogen) atoms. The molecule has 2 N–H and O–H groups in total. The fourth-order valence-corrected chi connectivity index (χ4v) is 2.74. The van der Waals surface area contributed by atoms with Crippen molar-refractivity contribution in [3.8, 4) is 5.75 Å². The summed E-state index contributed by atoms with van der Waals surface area (Å²) in [6.07, 6.45) is 0.736. The zero-order chi connectivity index (χ0) is 14.5. The van der Waals surface area contributed by atoms with Crippen LogP contribution < -0.4 is 0 Å². The number of phenolic OH excluding ortho intramolecular Hbond substituents is 1. The third-order valence-electron chi connectivity index (χ3n) is 3.68. The minimum Gasteiger partial charge on any atom is -0.508 e. The van der Waals surface area contributed by atoms with Crippen LogP contribution in [-0.4, -0.2) is 46.9 Å². The van der Waals surface area contributed by atoms with Crippen molar-refractivity contribution in [2.75, 3.05) is 19.7 Å². The van der Waals surface area contributed by atoms with Gasteiger partial charge in [-0.15, -0.1) is 0 Å².